The number of rotatable bonds is 3. The molecule has 0 aromatic heterocycles. The molecule has 0 saturated carbocycles. The number of hydrogen-bond donors (Lipinski definition) is 0. The minimum atomic E-state index is -3.47. The summed E-state index contributed by atoms with van der Waals surface area (Å²) in [5.74, 6) is 0.259. The van der Waals surface area contributed by atoms with E-state index in [1.807, 2.05) is 19.1 Å². The molecule has 0 heterocycles. The number of benzene rings is 1. The fourth-order valence-corrected chi connectivity index (χ4v) is 1.77. The summed E-state index contributed by atoms with van der Waals surface area (Å²) in [5.41, 5.74) is 1.78. The Morgan fingerprint density at radius 3 is 2.24 bits per heavy atom. The Hall–Kier alpha value is -1.40. The predicted molar refractivity (Wildman–Crippen MR) is 67.3 cm³/mol. The van der Waals surface area contributed by atoms with E-state index in [0.29, 0.717) is 5.56 Å². The molecule has 0 aliphatic heterocycles. The molecule has 17 heavy (non-hydrogen) atoms. The van der Waals surface area contributed by atoms with Crippen molar-refractivity contribution >= 4 is 15.9 Å². The lowest BCUT2D eigenvalue weighted by Crippen LogP contribution is -2.27. The Balaban J connectivity index is 3.25. The van der Waals surface area contributed by atoms with Crippen molar-refractivity contribution in [3.8, 4) is 0 Å². The van der Waals surface area contributed by atoms with E-state index in [1.54, 1.807) is 19.2 Å². The second-order valence-corrected chi connectivity index (χ2v) is 5.34. The third-order valence-electron chi connectivity index (χ3n) is 2.13. The van der Waals surface area contributed by atoms with Gasteiger partial charge >= 0.3 is 0 Å². The molecule has 0 unspecified atom stereocenters. The molecule has 6 heteroatoms. The van der Waals surface area contributed by atoms with Gasteiger partial charge in [-0.2, -0.15) is 0 Å². The number of sulfonamides is 1. The molecule has 5 nitrogen and oxygen atoms in total. The van der Waals surface area contributed by atoms with Crippen LogP contribution >= 0.6 is 0 Å². The minimum Gasteiger partial charge on any atom is -0.276 e. The number of hydroxylamine groups is 2. The summed E-state index contributed by atoms with van der Waals surface area (Å²) in [6.07, 6.45) is 1.05. The first-order valence-electron chi connectivity index (χ1n) is 4.98. The Kier molecular flexibility index (Phi) is 4.25. The van der Waals surface area contributed by atoms with Gasteiger partial charge in [-0.15, -0.1) is 4.40 Å². The van der Waals surface area contributed by atoms with Crippen LogP contribution in [0.4, 0.5) is 0 Å². The summed E-state index contributed by atoms with van der Waals surface area (Å²) in [6.45, 7) is 1.96. The van der Waals surface area contributed by atoms with Crippen molar-refractivity contribution < 1.29 is 13.3 Å². The first kappa shape index (κ1) is 13.7. The molecular formula is C11H16N2O3S. The van der Waals surface area contributed by atoms with Crippen molar-refractivity contribution in [1.82, 2.24) is 5.06 Å². The van der Waals surface area contributed by atoms with E-state index in [1.165, 1.54) is 12.2 Å². The van der Waals surface area contributed by atoms with Crippen LogP contribution in [-0.2, 0) is 14.9 Å². The van der Waals surface area contributed by atoms with E-state index in [9.17, 15) is 8.42 Å². The van der Waals surface area contributed by atoms with Crippen LogP contribution in [0.5, 0.6) is 0 Å². The molecule has 0 fully saturated rings. The first-order chi connectivity index (χ1) is 7.83. The molecule has 0 atom stereocenters. The van der Waals surface area contributed by atoms with Crippen LogP contribution in [0.2, 0.25) is 0 Å². The summed E-state index contributed by atoms with van der Waals surface area (Å²) >= 11 is 0. The van der Waals surface area contributed by atoms with E-state index in [0.717, 1.165) is 11.8 Å². The monoisotopic (exact) mass is 256 g/mol. The molecular weight excluding hydrogens is 240 g/mol. The zero-order valence-corrected chi connectivity index (χ0v) is 11.2. The van der Waals surface area contributed by atoms with Gasteiger partial charge in [0, 0.05) is 12.6 Å². The summed E-state index contributed by atoms with van der Waals surface area (Å²) < 4.78 is 26.1. The van der Waals surface area contributed by atoms with Crippen LogP contribution in [-0.4, -0.2) is 39.7 Å². The molecule has 1 aromatic rings. The van der Waals surface area contributed by atoms with E-state index in [2.05, 4.69) is 4.40 Å². The van der Waals surface area contributed by atoms with Crippen molar-refractivity contribution in [3.63, 3.8) is 0 Å². The van der Waals surface area contributed by atoms with Crippen molar-refractivity contribution in [2.45, 2.75) is 6.92 Å². The van der Waals surface area contributed by atoms with E-state index in [4.69, 9.17) is 4.84 Å². The van der Waals surface area contributed by atoms with E-state index >= 15 is 0 Å². The summed E-state index contributed by atoms with van der Waals surface area (Å²) in [4.78, 5) is 4.98. The fourth-order valence-electron chi connectivity index (χ4n) is 1.24. The van der Waals surface area contributed by atoms with Gasteiger partial charge in [0.2, 0.25) is 0 Å². The van der Waals surface area contributed by atoms with Crippen LogP contribution in [0, 0.1) is 6.92 Å². The smallest absolute Gasteiger partial charge is 0.252 e. The highest BCUT2D eigenvalue weighted by Gasteiger charge is 2.12. The van der Waals surface area contributed by atoms with Crippen LogP contribution in [0.25, 0.3) is 0 Å². The van der Waals surface area contributed by atoms with Crippen molar-refractivity contribution in [2.75, 3.05) is 20.4 Å². The fraction of sp³-hybridized carbons (Fsp3) is 0.364. The van der Waals surface area contributed by atoms with Crippen LogP contribution < -0.4 is 0 Å². The molecule has 1 rings (SSSR count). The molecule has 0 saturated heterocycles. The van der Waals surface area contributed by atoms with Gasteiger partial charge in [-0.05, 0) is 6.92 Å². The molecule has 0 aliphatic rings. The van der Waals surface area contributed by atoms with E-state index < -0.39 is 10.0 Å². The lowest BCUT2D eigenvalue weighted by atomic mass is 10.1. The lowest BCUT2D eigenvalue weighted by Gasteiger charge is -2.18. The summed E-state index contributed by atoms with van der Waals surface area (Å²) in [5, 5.41) is 1.31. The van der Waals surface area contributed by atoms with Gasteiger partial charge in [-0.1, -0.05) is 29.8 Å². The summed E-state index contributed by atoms with van der Waals surface area (Å²) in [6, 6.07) is 7.37. The second-order valence-electron chi connectivity index (χ2n) is 3.69. The SMILES string of the molecule is CON(C)C(=NS(C)(=O)=O)c1ccc(C)cc1. The highest BCUT2D eigenvalue weighted by Crippen LogP contribution is 2.08. The van der Waals surface area contributed by atoms with Gasteiger partial charge in [0.1, 0.15) is 0 Å². The number of nitrogens with zero attached hydrogens (tertiary/aromatic N) is 2. The van der Waals surface area contributed by atoms with Gasteiger partial charge in [0.25, 0.3) is 10.0 Å². The highest BCUT2D eigenvalue weighted by molar-refractivity contribution is 7.89. The zero-order chi connectivity index (χ0) is 13.1. The Morgan fingerprint density at radius 1 is 1.29 bits per heavy atom. The number of amidine groups is 1. The molecule has 0 bridgehead atoms. The number of hydrogen-bond acceptors (Lipinski definition) is 3. The van der Waals surface area contributed by atoms with Crippen LogP contribution in [0.15, 0.2) is 28.7 Å². The second kappa shape index (κ2) is 5.29. The first-order valence-corrected chi connectivity index (χ1v) is 6.83. The maximum Gasteiger partial charge on any atom is 0.252 e. The summed E-state index contributed by atoms with van der Waals surface area (Å²) in [7, 11) is -0.419. The standard InChI is InChI=1S/C11H16N2O3S/c1-9-5-7-10(8-6-9)11(13(2)16-3)12-17(4,14)15/h5-8H,1-4H3. The third-order valence-corrected chi connectivity index (χ3v) is 2.64. The molecule has 0 spiro atoms. The number of aryl methyl sites for hydroxylation is 1. The predicted octanol–water partition coefficient (Wildman–Crippen LogP) is 1.19. The van der Waals surface area contributed by atoms with Gasteiger partial charge in [0.15, 0.2) is 5.84 Å². The molecule has 0 aliphatic carbocycles. The molecule has 94 valence electrons. The minimum absolute atomic E-state index is 0.259. The molecule has 0 N–H and O–H groups in total. The highest BCUT2D eigenvalue weighted by atomic mass is 32.2. The van der Waals surface area contributed by atoms with Crippen molar-refractivity contribution in [3.05, 3.63) is 35.4 Å². The van der Waals surface area contributed by atoms with Gasteiger partial charge in [-0.25, -0.2) is 13.5 Å². The largest absolute Gasteiger partial charge is 0.276 e. The van der Waals surface area contributed by atoms with Gasteiger partial charge in [-0.3, -0.25) is 4.84 Å². The Bertz CT molecular complexity index is 506. The van der Waals surface area contributed by atoms with Crippen LogP contribution in [0.3, 0.4) is 0 Å². The zero-order valence-electron chi connectivity index (χ0n) is 10.3. The lowest BCUT2D eigenvalue weighted by molar-refractivity contribution is -0.0408. The van der Waals surface area contributed by atoms with E-state index in [-0.39, 0.29) is 5.84 Å². The topological polar surface area (TPSA) is 59.0 Å². The molecule has 1 aromatic carbocycles. The molecule has 0 amide bonds. The van der Waals surface area contributed by atoms with Crippen LogP contribution in [0.1, 0.15) is 11.1 Å². The normalized spacial score (nSPS) is 12.6. The van der Waals surface area contributed by atoms with Gasteiger partial charge < -0.3 is 0 Å². The quantitative estimate of drug-likeness (QED) is 0.463. The third kappa shape index (κ3) is 4.16. The maximum atomic E-state index is 11.2. The van der Waals surface area contributed by atoms with Crippen molar-refractivity contribution in [2.24, 2.45) is 4.40 Å². The molecule has 0 radical (unpaired) electrons. The average Bonchev–Trinajstić information content (AvgIpc) is 2.25. The van der Waals surface area contributed by atoms with Gasteiger partial charge in [0.05, 0.1) is 13.4 Å². The maximum absolute atomic E-state index is 11.2. The Labute approximate surface area is 102 Å². The van der Waals surface area contributed by atoms with Crippen molar-refractivity contribution in [1.29, 1.82) is 0 Å². The Morgan fingerprint density at radius 2 is 1.82 bits per heavy atom. The average molecular weight is 256 g/mol.